The molecule has 0 atom stereocenters. The van der Waals surface area contributed by atoms with Crippen LogP contribution in [0.4, 0.5) is 0 Å². The van der Waals surface area contributed by atoms with E-state index in [1.165, 1.54) is 77.0 Å². The Balaban J connectivity index is 0.000000240. The number of rotatable bonds is 8. The van der Waals surface area contributed by atoms with E-state index in [1.54, 1.807) is 0 Å². The molecule has 0 spiro atoms. The van der Waals surface area contributed by atoms with Crippen LogP contribution < -0.4 is 0 Å². The molecule has 0 aromatic rings. The summed E-state index contributed by atoms with van der Waals surface area (Å²) < 4.78 is 23.6. The SMILES string of the molecule is S=P([S-])(OC1CCCCC1)OC1CCCCC1.S=P([S-])(OC1CCCCC1)OC1CCCCC1.[Ca+2]. The fourth-order valence-electron chi connectivity index (χ4n) is 5.46. The molecule has 4 fully saturated rings. The Labute approximate surface area is 265 Å². The molecule has 35 heavy (non-hydrogen) atoms. The topological polar surface area (TPSA) is 36.9 Å². The third-order valence-electron chi connectivity index (χ3n) is 7.32. The Morgan fingerprint density at radius 1 is 0.400 bits per heavy atom. The zero-order chi connectivity index (χ0) is 24.3. The maximum Gasteiger partial charge on any atom is 2.00 e. The van der Waals surface area contributed by atoms with Gasteiger partial charge in [0, 0.05) is 0 Å². The van der Waals surface area contributed by atoms with Gasteiger partial charge in [0.25, 0.3) is 0 Å². The zero-order valence-corrected chi connectivity index (χ0v) is 28.6. The van der Waals surface area contributed by atoms with Gasteiger partial charge in [-0.05, 0) is 51.4 Å². The van der Waals surface area contributed by atoms with Crippen molar-refractivity contribution in [1.82, 2.24) is 0 Å². The average molecular weight is 627 g/mol. The number of hydrogen-bond acceptors (Lipinski definition) is 8. The summed E-state index contributed by atoms with van der Waals surface area (Å²) in [6, 6.07) is 0. The molecule has 200 valence electrons. The molecule has 0 heterocycles. The van der Waals surface area contributed by atoms with Gasteiger partial charge in [0.15, 0.2) is 0 Å². The quantitative estimate of drug-likeness (QED) is 0.151. The van der Waals surface area contributed by atoms with E-state index in [4.69, 9.17) is 66.2 Å². The monoisotopic (exact) mass is 626 g/mol. The summed E-state index contributed by atoms with van der Waals surface area (Å²) in [5, 5.41) is 0. The van der Waals surface area contributed by atoms with Gasteiger partial charge in [-0.3, -0.25) is 0 Å². The van der Waals surface area contributed by atoms with E-state index in [-0.39, 0.29) is 62.2 Å². The van der Waals surface area contributed by atoms with Crippen molar-refractivity contribution in [3.63, 3.8) is 0 Å². The van der Waals surface area contributed by atoms with Crippen LogP contribution in [0.1, 0.15) is 128 Å². The second-order valence-corrected chi connectivity index (χ2v) is 20.1. The zero-order valence-electron chi connectivity index (χ0n) is 21.3. The van der Waals surface area contributed by atoms with Gasteiger partial charge in [0.05, 0.1) is 35.8 Å². The van der Waals surface area contributed by atoms with Gasteiger partial charge in [-0.25, -0.2) is 0 Å². The smallest absolute Gasteiger partial charge is 0.691 e. The molecule has 0 radical (unpaired) electrons. The first kappa shape index (κ1) is 34.3. The van der Waals surface area contributed by atoms with E-state index in [0.29, 0.717) is 0 Å². The van der Waals surface area contributed by atoms with Crippen LogP contribution in [0.5, 0.6) is 0 Å². The maximum absolute atomic E-state index is 5.90. The number of hydrogen-bond donors (Lipinski definition) is 0. The summed E-state index contributed by atoms with van der Waals surface area (Å²) in [6.07, 6.45) is 25.3. The molecule has 0 aromatic carbocycles. The van der Waals surface area contributed by atoms with Crippen molar-refractivity contribution < 1.29 is 18.1 Å². The minimum absolute atomic E-state index is 0. The van der Waals surface area contributed by atoms with E-state index in [1.807, 2.05) is 0 Å². The van der Waals surface area contributed by atoms with Crippen LogP contribution >= 0.6 is 11.4 Å². The summed E-state index contributed by atoms with van der Waals surface area (Å²) in [6.45, 7) is 0. The molecule has 0 N–H and O–H groups in total. The van der Waals surface area contributed by atoms with Crippen molar-refractivity contribution in [2.24, 2.45) is 0 Å². The maximum atomic E-state index is 5.90. The minimum Gasteiger partial charge on any atom is -0.691 e. The minimum atomic E-state index is -2.41. The van der Waals surface area contributed by atoms with E-state index in [2.05, 4.69) is 0 Å². The third kappa shape index (κ3) is 15.1. The van der Waals surface area contributed by atoms with Crippen LogP contribution in [-0.4, -0.2) is 62.2 Å². The molecule has 0 unspecified atom stereocenters. The van der Waals surface area contributed by atoms with Crippen LogP contribution in [0.25, 0.3) is 0 Å². The van der Waals surface area contributed by atoms with E-state index >= 15 is 0 Å². The Morgan fingerprint density at radius 3 is 0.743 bits per heavy atom. The van der Waals surface area contributed by atoms with Gasteiger partial charge in [-0.15, -0.1) is 0 Å². The molecule has 11 heteroatoms. The molecule has 4 nitrogen and oxygen atoms in total. The van der Waals surface area contributed by atoms with Gasteiger partial charge < -0.3 is 42.6 Å². The van der Waals surface area contributed by atoms with Crippen LogP contribution in [0.15, 0.2) is 0 Å². The van der Waals surface area contributed by atoms with E-state index in [0.717, 1.165) is 51.4 Å². The predicted octanol–water partition coefficient (Wildman–Crippen LogP) is 8.53. The Bertz CT molecular complexity index is 562. The first-order valence-corrected chi connectivity index (χ1v) is 21.0. The van der Waals surface area contributed by atoms with Crippen LogP contribution in [0, 0.1) is 0 Å². The molecular formula is C24H44CaO4P2S4. The van der Waals surface area contributed by atoms with Crippen molar-refractivity contribution in [2.45, 2.75) is 153 Å². The molecule has 0 aromatic heterocycles. The van der Waals surface area contributed by atoms with Crippen molar-refractivity contribution in [2.75, 3.05) is 0 Å². The molecular weight excluding hydrogens is 583 g/mol. The Kier molecular flexibility index (Phi) is 18.1. The summed E-state index contributed by atoms with van der Waals surface area (Å²) in [5.41, 5.74) is -4.83. The molecule has 4 aliphatic rings. The van der Waals surface area contributed by atoms with Crippen LogP contribution in [-0.2, 0) is 66.2 Å². The van der Waals surface area contributed by atoms with Gasteiger partial charge in [0.2, 0.25) is 0 Å². The van der Waals surface area contributed by atoms with Crippen molar-refractivity contribution in [3.05, 3.63) is 0 Å². The fourth-order valence-corrected chi connectivity index (χ4v) is 10.8. The normalized spacial score (nSPS) is 24.3. The molecule has 0 bridgehead atoms. The van der Waals surface area contributed by atoms with Crippen molar-refractivity contribution in [3.8, 4) is 0 Å². The van der Waals surface area contributed by atoms with Crippen molar-refractivity contribution in [1.29, 1.82) is 0 Å². The van der Waals surface area contributed by atoms with Gasteiger partial charge in [-0.1, -0.05) is 101 Å². The first-order valence-electron chi connectivity index (χ1n) is 13.7. The molecule has 0 amide bonds. The largest absolute Gasteiger partial charge is 2.00 e. The van der Waals surface area contributed by atoms with Crippen LogP contribution in [0.3, 0.4) is 0 Å². The summed E-state index contributed by atoms with van der Waals surface area (Å²) in [5.74, 6) is 0. The van der Waals surface area contributed by atoms with Gasteiger partial charge in [0.1, 0.15) is 0 Å². The van der Waals surface area contributed by atoms with E-state index < -0.39 is 11.4 Å². The molecule has 4 rings (SSSR count). The van der Waals surface area contributed by atoms with Gasteiger partial charge >= 0.3 is 37.7 Å². The second-order valence-electron chi connectivity index (χ2n) is 10.4. The van der Waals surface area contributed by atoms with E-state index in [9.17, 15) is 0 Å². The van der Waals surface area contributed by atoms with Crippen molar-refractivity contribution >= 4 is 97.2 Å². The molecule has 0 saturated heterocycles. The molecule has 4 aliphatic carbocycles. The standard InChI is InChI=1S/2C12H23O2PS2.Ca/c2*16-15(17,13-11-7-3-1-4-8-11)14-12-9-5-2-6-10-12;/h2*11-12H,1-10H2,(H,16,17);/q;;+2/p-2. The second kappa shape index (κ2) is 18.5. The first-order chi connectivity index (χ1) is 16.3. The van der Waals surface area contributed by atoms with Gasteiger partial charge in [-0.2, -0.15) is 0 Å². The summed E-state index contributed by atoms with van der Waals surface area (Å²) >= 11 is 21.5. The fraction of sp³-hybridized carbons (Fsp3) is 1.00. The average Bonchev–Trinajstić information content (AvgIpc) is 2.81. The Hall–Kier alpha value is 3.10. The molecule has 4 saturated carbocycles. The Morgan fingerprint density at radius 2 is 0.571 bits per heavy atom. The third-order valence-corrected chi connectivity index (χ3v) is 11.6. The van der Waals surface area contributed by atoms with Crippen LogP contribution in [0.2, 0.25) is 0 Å². The molecule has 0 aliphatic heterocycles. The predicted molar refractivity (Wildman–Crippen MR) is 161 cm³/mol. The summed E-state index contributed by atoms with van der Waals surface area (Å²) in [7, 11) is 0. The summed E-state index contributed by atoms with van der Waals surface area (Å²) in [4.78, 5) is 0.